The molecule has 0 aliphatic carbocycles. The lowest BCUT2D eigenvalue weighted by molar-refractivity contribution is -0.133. The van der Waals surface area contributed by atoms with E-state index in [1.54, 1.807) is 0 Å². The van der Waals surface area contributed by atoms with E-state index in [-0.39, 0.29) is 31.1 Å². The number of carbonyl (C=O) groups is 2. The molecule has 3 rings (SSSR count). The minimum absolute atomic E-state index is 0.0613. The van der Waals surface area contributed by atoms with Crippen LogP contribution in [-0.4, -0.2) is 30.0 Å². The van der Waals surface area contributed by atoms with E-state index in [0.717, 1.165) is 11.1 Å². The molecule has 0 unspecified atom stereocenters. The molecule has 126 valence electrons. The lowest BCUT2D eigenvalue weighted by Crippen LogP contribution is -2.52. The number of Topliss-reactive ketones (excluding diaryl/α,β-unsaturated/α-hetero) is 1. The van der Waals surface area contributed by atoms with Crippen molar-refractivity contribution in [3.05, 3.63) is 52.2 Å². The fraction of sp³-hybridized carbons (Fsp3) is 0.333. The number of carbonyl (C=O) groups excluding carboxylic acids is 2. The largest absolute Gasteiger partial charge is 0.494 e. The van der Waals surface area contributed by atoms with Gasteiger partial charge in [-0.1, -0.05) is 12.1 Å². The highest BCUT2D eigenvalue weighted by molar-refractivity contribution is 7.08. The Hall–Kier alpha value is -2.18. The molecule has 2 heterocycles. The van der Waals surface area contributed by atoms with Gasteiger partial charge in [0, 0.05) is 19.4 Å². The van der Waals surface area contributed by atoms with Gasteiger partial charge in [-0.05, 0) is 40.1 Å². The van der Waals surface area contributed by atoms with Crippen molar-refractivity contribution < 1.29 is 19.4 Å². The number of amides is 1. The lowest BCUT2D eigenvalue weighted by atomic mass is 9.77. The number of hydrogen-bond acceptors (Lipinski definition) is 5. The molecule has 1 aliphatic heterocycles. The van der Waals surface area contributed by atoms with Crippen molar-refractivity contribution >= 4 is 23.0 Å². The molecular formula is C18H19NO4S. The number of nitrogens with one attached hydrogen (secondary N) is 1. The van der Waals surface area contributed by atoms with Crippen molar-refractivity contribution in [3.63, 3.8) is 0 Å². The molecule has 2 N–H and O–H groups in total. The first kappa shape index (κ1) is 16.7. The first-order valence-electron chi connectivity index (χ1n) is 7.83. The Morgan fingerprint density at radius 1 is 1.17 bits per heavy atom. The van der Waals surface area contributed by atoms with Crippen LogP contribution in [0.2, 0.25) is 0 Å². The molecule has 1 aromatic heterocycles. The zero-order chi connectivity index (χ0) is 17.0. The predicted octanol–water partition coefficient (Wildman–Crippen LogP) is 2.23. The Labute approximate surface area is 144 Å². The van der Waals surface area contributed by atoms with Crippen LogP contribution >= 0.6 is 11.3 Å². The van der Waals surface area contributed by atoms with Crippen molar-refractivity contribution in [3.8, 4) is 5.75 Å². The zero-order valence-corrected chi connectivity index (χ0v) is 14.0. The molecule has 0 radical (unpaired) electrons. The average molecular weight is 345 g/mol. The molecule has 0 saturated carbocycles. The third-order valence-corrected chi connectivity index (χ3v) is 4.79. The summed E-state index contributed by atoms with van der Waals surface area (Å²) in [4.78, 5) is 24.1. The topological polar surface area (TPSA) is 75.6 Å². The zero-order valence-electron chi connectivity index (χ0n) is 13.2. The summed E-state index contributed by atoms with van der Waals surface area (Å²) < 4.78 is 5.54. The maximum Gasteiger partial charge on any atom is 0.228 e. The van der Waals surface area contributed by atoms with Crippen LogP contribution in [0.3, 0.4) is 0 Å². The molecule has 1 aromatic carbocycles. The van der Waals surface area contributed by atoms with Gasteiger partial charge in [0.2, 0.25) is 5.91 Å². The van der Waals surface area contributed by atoms with Gasteiger partial charge in [0.05, 0.1) is 18.6 Å². The molecule has 6 heteroatoms. The van der Waals surface area contributed by atoms with E-state index in [1.807, 2.05) is 41.1 Å². The highest BCUT2D eigenvalue weighted by Crippen LogP contribution is 2.37. The number of thiophene rings is 1. The van der Waals surface area contributed by atoms with E-state index >= 15 is 0 Å². The van der Waals surface area contributed by atoms with Crippen molar-refractivity contribution in [1.29, 1.82) is 0 Å². The van der Waals surface area contributed by atoms with Crippen LogP contribution in [-0.2, 0) is 15.1 Å². The van der Waals surface area contributed by atoms with Gasteiger partial charge in [0.1, 0.15) is 11.5 Å². The summed E-state index contributed by atoms with van der Waals surface area (Å²) in [5.41, 5.74) is 0.968. The third-order valence-electron chi connectivity index (χ3n) is 4.11. The van der Waals surface area contributed by atoms with Crippen LogP contribution in [0.25, 0.3) is 0 Å². The summed E-state index contributed by atoms with van der Waals surface area (Å²) in [6, 6.07) is 9.35. The number of hydrogen-bond donors (Lipinski definition) is 2. The molecule has 5 nitrogen and oxygen atoms in total. The minimum Gasteiger partial charge on any atom is -0.494 e. The van der Waals surface area contributed by atoms with Crippen LogP contribution in [0.5, 0.6) is 5.75 Å². The van der Waals surface area contributed by atoms with E-state index in [0.29, 0.717) is 18.8 Å². The molecule has 0 spiro atoms. The number of rotatable bonds is 6. The van der Waals surface area contributed by atoms with Crippen LogP contribution in [0.15, 0.2) is 41.1 Å². The number of piperidine rings is 1. The Morgan fingerprint density at radius 2 is 1.96 bits per heavy atom. The number of ketones is 1. The maximum atomic E-state index is 12.1. The summed E-state index contributed by atoms with van der Waals surface area (Å²) >= 11 is 1.53. The first-order valence-corrected chi connectivity index (χ1v) is 8.78. The van der Waals surface area contributed by atoms with Gasteiger partial charge in [-0.25, -0.2) is 0 Å². The van der Waals surface area contributed by atoms with E-state index in [4.69, 9.17) is 9.84 Å². The van der Waals surface area contributed by atoms with Gasteiger partial charge in [0.15, 0.2) is 0 Å². The predicted molar refractivity (Wildman–Crippen MR) is 91.1 cm³/mol. The van der Waals surface area contributed by atoms with E-state index in [9.17, 15) is 9.59 Å². The van der Waals surface area contributed by atoms with E-state index in [2.05, 4.69) is 5.32 Å². The summed E-state index contributed by atoms with van der Waals surface area (Å²) in [6.07, 6.45) is 0.763. The smallest absolute Gasteiger partial charge is 0.228 e. The molecule has 0 bridgehead atoms. The third kappa shape index (κ3) is 3.34. The molecule has 24 heavy (non-hydrogen) atoms. The van der Waals surface area contributed by atoms with Gasteiger partial charge in [0.25, 0.3) is 0 Å². The summed E-state index contributed by atoms with van der Waals surface area (Å²) in [5, 5.41) is 15.7. The molecule has 1 saturated heterocycles. The van der Waals surface area contributed by atoms with Crippen molar-refractivity contribution in [2.75, 3.05) is 13.2 Å². The van der Waals surface area contributed by atoms with Crippen LogP contribution in [0, 0.1) is 0 Å². The van der Waals surface area contributed by atoms with Gasteiger partial charge < -0.3 is 15.2 Å². The molecule has 1 amide bonds. The quantitative estimate of drug-likeness (QED) is 0.622. The van der Waals surface area contributed by atoms with Crippen molar-refractivity contribution in [2.45, 2.75) is 24.8 Å². The second-order valence-corrected chi connectivity index (χ2v) is 6.59. The Kier molecular flexibility index (Phi) is 4.97. The Bertz CT molecular complexity index is 693. The molecule has 1 atom stereocenters. The fourth-order valence-electron chi connectivity index (χ4n) is 2.98. The summed E-state index contributed by atoms with van der Waals surface area (Å²) in [6.45, 7) is 0.536. The van der Waals surface area contributed by atoms with Crippen molar-refractivity contribution in [2.24, 2.45) is 0 Å². The SMILES string of the molecule is O=C1CC(=O)N[C@@](c2ccc(OCCCO)cc2)(c2ccsc2)C1. The molecular weight excluding hydrogens is 326 g/mol. The number of aliphatic hydroxyl groups excluding tert-OH is 1. The highest BCUT2D eigenvalue weighted by Gasteiger charge is 2.42. The summed E-state index contributed by atoms with van der Waals surface area (Å²) in [5.74, 6) is 0.384. The van der Waals surface area contributed by atoms with Gasteiger partial charge >= 0.3 is 0 Å². The monoisotopic (exact) mass is 345 g/mol. The normalized spacial score (nSPS) is 20.7. The molecule has 1 fully saturated rings. The number of benzene rings is 1. The van der Waals surface area contributed by atoms with Crippen LogP contribution in [0.1, 0.15) is 30.4 Å². The minimum atomic E-state index is -0.809. The lowest BCUT2D eigenvalue weighted by Gasteiger charge is -2.37. The second kappa shape index (κ2) is 7.15. The molecule has 1 aliphatic rings. The Morgan fingerprint density at radius 3 is 2.58 bits per heavy atom. The number of ether oxygens (including phenoxy) is 1. The molecule has 2 aromatic rings. The van der Waals surface area contributed by atoms with Crippen molar-refractivity contribution in [1.82, 2.24) is 5.32 Å². The van der Waals surface area contributed by atoms with Gasteiger partial charge in [-0.3, -0.25) is 9.59 Å². The number of aliphatic hydroxyl groups is 1. The van der Waals surface area contributed by atoms with Gasteiger partial charge in [-0.15, -0.1) is 0 Å². The first-order chi connectivity index (χ1) is 11.6. The summed E-state index contributed by atoms with van der Waals surface area (Å²) in [7, 11) is 0. The average Bonchev–Trinajstić information content (AvgIpc) is 3.10. The standard InChI is InChI=1S/C18H19NO4S/c20-7-1-8-23-16-4-2-13(3-5-16)18(14-6-9-24-12-14)11-15(21)10-17(22)19-18/h2-6,9,12,20H,1,7-8,10-11H2,(H,19,22)/t18-/m0/s1. The second-order valence-electron chi connectivity index (χ2n) is 5.81. The Balaban J connectivity index is 1.92. The van der Waals surface area contributed by atoms with E-state index < -0.39 is 5.54 Å². The highest BCUT2D eigenvalue weighted by atomic mass is 32.1. The van der Waals surface area contributed by atoms with E-state index in [1.165, 1.54) is 11.3 Å². The van der Waals surface area contributed by atoms with Gasteiger partial charge in [-0.2, -0.15) is 11.3 Å². The maximum absolute atomic E-state index is 12.1. The fourth-order valence-corrected chi connectivity index (χ4v) is 3.71. The van der Waals surface area contributed by atoms with Crippen LogP contribution in [0.4, 0.5) is 0 Å². The van der Waals surface area contributed by atoms with Crippen LogP contribution < -0.4 is 10.1 Å².